The van der Waals surface area contributed by atoms with E-state index >= 15 is 0 Å². The van der Waals surface area contributed by atoms with Crippen LogP contribution < -0.4 is 10.1 Å². The summed E-state index contributed by atoms with van der Waals surface area (Å²) in [7, 11) is 0. The van der Waals surface area contributed by atoms with Gasteiger partial charge in [-0.05, 0) is 18.2 Å². The van der Waals surface area contributed by atoms with Crippen molar-refractivity contribution in [3.63, 3.8) is 0 Å². The van der Waals surface area contributed by atoms with E-state index in [0.717, 1.165) is 24.4 Å². The van der Waals surface area contributed by atoms with Gasteiger partial charge in [-0.2, -0.15) is 13.2 Å². The Hall–Kier alpha value is -2.71. The second kappa shape index (κ2) is 7.24. The molecule has 2 aromatic rings. The number of rotatable bonds is 5. The molecule has 0 aliphatic rings. The highest BCUT2D eigenvalue weighted by Gasteiger charge is 2.35. The van der Waals surface area contributed by atoms with Gasteiger partial charge in [0.05, 0.1) is 17.7 Å². The third kappa shape index (κ3) is 4.40. The maximum atomic E-state index is 13.3. The van der Waals surface area contributed by atoms with E-state index in [0.29, 0.717) is 12.3 Å². The molecule has 0 fully saturated rings. The van der Waals surface area contributed by atoms with Crippen LogP contribution in [0.15, 0.2) is 36.7 Å². The highest BCUT2D eigenvalue weighted by molar-refractivity contribution is 5.95. The molecule has 1 heterocycles. The van der Waals surface area contributed by atoms with Gasteiger partial charge in [0, 0.05) is 18.5 Å². The van der Waals surface area contributed by atoms with Gasteiger partial charge in [0.1, 0.15) is 12.4 Å². The number of benzene rings is 1. The Morgan fingerprint density at radius 1 is 1.21 bits per heavy atom. The number of pyridine rings is 1. The first-order valence-corrected chi connectivity index (χ1v) is 6.66. The zero-order valence-electron chi connectivity index (χ0n) is 12.0. The second-order valence-electron chi connectivity index (χ2n) is 4.60. The van der Waals surface area contributed by atoms with E-state index in [1.807, 2.05) is 0 Å². The van der Waals surface area contributed by atoms with E-state index in [-0.39, 0.29) is 18.9 Å². The summed E-state index contributed by atoms with van der Waals surface area (Å²) < 4.78 is 69.3. The normalized spacial score (nSPS) is 11.2. The first kappa shape index (κ1) is 17.6. The summed E-state index contributed by atoms with van der Waals surface area (Å²) >= 11 is 0. The average molecular weight is 346 g/mol. The fraction of sp³-hybridized carbons (Fsp3) is 0.200. The quantitative estimate of drug-likeness (QED) is 0.668. The molecule has 2 rings (SSSR count). The Morgan fingerprint density at radius 3 is 2.62 bits per heavy atom. The number of nitrogens with one attached hydrogen (secondary N) is 1. The summed E-state index contributed by atoms with van der Waals surface area (Å²) in [6, 6.07) is 3.62. The fourth-order valence-corrected chi connectivity index (χ4v) is 1.83. The van der Waals surface area contributed by atoms with Gasteiger partial charge < -0.3 is 10.1 Å². The lowest BCUT2D eigenvalue weighted by atomic mass is 10.1. The molecular formula is C15H11F5N2O2. The lowest BCUT2D eigenvalue weighted by Gasteiger charge is -2.12. The van der Waals surface area contributed by atoms with Crippen molar-refractivity contribution in [2.45, 2.75) is 6.18 Å². The minimum atomic E-state index is -4.71. The van der Waals surface area contributed by atoms with E-state index in [4.69, 9.17) is 4.74 Å². The molecule has 1 aromatic carbocycles. The summed E-state index contributed by atoms with van der Waals surface area (Å²) in [6.07, 6.45) is -3.09. The Morgan fingerprint density at radius 2 is 1.96 bits per heavy atom. The van der Waals surface area contributed by atoms with Crippen molar-refractivity contribution in [2.24, 2.45) is 0 Å². The zero-order chi connectivity index (χ0) is 17.7. The Labute approximate surface area is 133 Å². The molecule has 24 heavy (non-hydrogen) atoms. The van der Waals surface area contributed by atoms with Gasteiger partial charge in [-0.25, -0.2) is 8.78 Å². The molecule has 1 amide bonds. The topological polar surface area (TPSA) is 51.2 Å². The van der Waals surface area contributed by atoms with Gasteiger partial charge in [-0.1, -0.05) is 0 Å². The molecule has 1 aromatic heterocycles. The Bertz CT molecular complexity index is 734. The molecule has 0 radical (unpaired) electrons. The van der Waals surface area contributed by atoms with Crippen LogP contribution in [0.3, 0.4) is 0 Å². The van der Waals surface area contributed by atoms with E-state index < -0.39 is 34.8 Å². The zero-order valence-corrected chi connectivity index (χ0v) is 12.0. The number of hydrogen-bond acceptors (Lipinski definition) is 3. The van der Waals surface area contributed by atoms with E-state index in [2.05, 4.69) is 10.3 Å². The van der Waals surface area contributed by atoms with Crippen molar-refractivity contribution in [2.75, 3.05) is 13.2 Å². The van der Waals surface area contributed by atoms with E-state index in [1.54, 1.807) is 0 Å². The Balaban J connectivity index is 1.92. The van der Waals surface area contributed by atoms with Gasteiger partial charge in [0.2, 0.25) is 0 Å². The average Bonchev–Trinajstić information content (AvgIpc) is 2.52. The standard InChI is InChI=1S/C15H11F5N2O2/c16-9-1-2-13(12(17)7-9)24-6-5-22-14(23)10-3-4-21-8-11(10)15(18,19)20/h1-4,7-8H,5-6H2,(H,22,23). The highest BCUT2D eigenvalue weighted by atomic mass is 19.4. The molecule has 0 atom stereocenters. The monoisotopic (exact) mass is 346 g/mol. The number of carbonyl (C=O) groups is 1. The van der Waals surface area contributed by atoms with Crippen LogP contribution in [-0.4, -0.2) is 24.0 Å². The van der Waals surface area contributed by atoms with E-state index in [1.165, 1.54) is 0 Å². The van der Waals surface area contributed by atoms with Crippen LogP contribution in [0.5, 0.6) is 5.75 Å². The lowest BCUT2D eigenvalue weighted by Crippen LogP contribution is -2.30. The third-order valence-corrected chi connectivity index (χ3v) is 2.91. The maximum absolute atomic E-state index is 13.3. The van der Waals surface area contributed by atoms with Gasteiger partial charge in [-0.15, -0.1) is 0 Å². The molecule has 0 saturated heterocycles. The Kier molecular flexibility index (Phi) is 5.32. The van der Waals surface area contributed by atoms with Crippen molar-refractivity contribution < 1.29 is 31.5 Å². The molecule has 1 N–H and O–H groups in total. The van der Waals surface area contributed by atoms with Crippen LogP contribution in [-0.2, 0) is 6.18 Å². The smallest absolute Gasteiger partial charge is 0.418 e. The van der Waals surface area contributed by atoms with Crippen LogP contribution in [0.2, 0.25) is 0 Å². The van der Waals surface area contributed by atoms with Crippen LogP contribution >= 0.6 is 0 Å². The summed E-state index contributed by atoms with van der Waals surface area (Å²) in [6.45, 7) is -0.379. The maximum Gasteiger partial charge on any atom is 0.418 e. The van der Waals surface area contributed by atoms with Gasteiger partial charge in [0.25, 0.3) is 5.91 Å². The lowest BCUT2D eigenvalue weighted by molar-refractivity contribution is -0.138. The number of alkyl halides is 3. The number of aromatic nitrogens is 1. The number of ether oxygens (including phenoxy) is 1. The minimum absolute atomic E-state index is 0.171. The van der Waals surface area contributed by atoms with Crippen molar-refractivity contribution in [3.8, 4) is 5.75 Å². The van der Waals surface area contributed by atoms with Gasteiger partial charge in [-0.3, -0.25) is 9.78 Å². The molecule has 0 saturated carbocycles. The van der Waals surface area contributed by atoms with Crippen LogP contribution in [0, 0.1) is 11.6 Å². The van der Waals surface area contributed by atoms with E-state index in [9.17, 15) is 26.7 Å². The predicted octanol–water partition coefficient (Wildman–Crippen LogP) is 3.19. The molecule has 4 nitrogen and oxygen atoms in total. The minimum Gasteiger partial charge on any atom is -0.489 e. The van der Waals surface area contributed by atoms with Crippen molar-refractivity contribution in [1.29, 1.82) is 0 Å². The molecule has 128 valence electrons. The number of nitrogens with zero attached hydrogens (tertiary/aromatic N) is 1. The van der Waals surface area contributed by atoms with Gasteiger partial charge in [0.15, 0.2) is 11.6 Å². The summed E-state index contributed by atoms with van der Waals surface area (Å²) in [5.74, 6) is -2.89. The number of amides is 1. The molecular weight excluding hydrogens is 335 g/mol. The molecule has 0 spiro atoms. The number of carbonyl (C=O) groups excluding carboxylic acids is 1. The van der Waals surface area contributed by atoms with Crippen LogP contribution in [0.25, 0.3) is 0 Å². The molecule has 0 bridgehead atoms. The highest BCUT2D eigenvalue weighted by Crippen LogP contribution is 2.31. The van der Waals surface area contributed by atoms with Crippen molar-refractivity contribution >= 4 is 5.91 Å². The largest absolute Gasteiger partial charge is 0.489 e. The second-order valence-corrected chi connectivity index (χ2v) is 4.60. The summed E-state index contributed by atoms with van der Waals surface area (Å²) in [5.41, 5.74) is -1.74. The van der Waals surface area contributed by atoms with Crippen LogP contribution in [0.1, 0.15) is 15.9 Å². The predicted molar refractivity (Wildman–Crippen MR) is 73.4 cm³/mol. The van der Waals surface area contributed by atoms with Gasteiger partial charge >= 0.3 is 6.18 Å². The molecule has 0 aliphatic heterocycles. The molecule has 9 heteroatoms. The number of halogens is 5. The first-order valence-electron chi connectivity index (χ1n) is 6.66. The van der Waals surface area contributed by atoms with Crippen LogP contribution in [0.4, 0.5) is 22.0 Å². The summed E-state index contributed by atoms with van der Waals surface area (Å²) in [5, 5.41) is 2.22. The third-order valence-electron chi connectivity index (χ3n) is 2.91. The van der Waals surface area contributed by atoms with Crippen molar-refractivity contribution in [3.05, 3.63) is 59.4 Å². The van der Waals surface area contributed by atoms with Crippen molar-refractivity contribution in [1.82, 2.24) is 10.3 Å². The molecule has 0 aliphatic carbocycles. The first-order chi connectivity index (χ1) is 11.3. The number of hydrogen-bond donors (Lipinski definition) is 1. The summed E-state index contributed by atoms with van der Waals surface area (Å²) in [4.78, 5) is 15.2. The SMILES string of the molecule is O=C(NCCOc1ccc(F)cc1F)c1ccncc1C(F)(F)F. The molecule has 0 unspecified atom stereocenters. The fourth-order valence-electron chi connectivity index (χ4n) is 1.83.